The van der Waals surface area contributed by atoms with Crippen molar-refractivity contribution in [2.45, 2.75) is 6.54 Å². The molecular weight excluding hydrogens is 328 g/mol. The van der Waals surface area contributed by atoms with Crippen LogP contribution in [0, 0.1) is 0 Å². The van der Waals surface area contributed by atoms with Crippen LogP contribution in [0.25, 0.3) is 11.0 Å². The van der Waals surface area contributed by atoms with Gasteiger partial charge in [-0.3, -0.25) is 9.59 Å². The summed E-state index contributed by atoms with van der Waals surface area (Å²) >= 11 is 5.93. The van der Waals surface area contributed by atoms with Gasteiger partial charge in [-0.15, -0.1) is 0 Å². The van der Waals surface area contributed by atoms with E-state index in [1.807, 2.05) is 6.07 Å². The monoisotopic (exact) mass is 342 g/mol. The number of carbonyl (C=O) groups excluding carboxylic acids is 2. The van der Waals surface area contributed by atoms with Crippen molar-refractivity contribution in [3.63, 3.8) is 0 Å². The SMILES string of the molecule is CNC(=O)c1cccc(CNC(=O)c2cc3cc(Cl)ccc3o2)c1. The lowest BCUT2D eigenvalue weighted by molar-refractivity contribution is 0.0924. The Hall–Kier alpha value is -2.79. The highest BCUT2D eigenvalue weighted by Crippen LogP contribution is 2.23. The van der Waals surface area contributed by atoms with E-state index in [0.717, 1.165) is 10.9 Å². The molecule has 122 valence electrons. The molecule has 0 spiro atoms. The molecule has 2 aromatic carbocycles. The van der Waals surface area contributed by atoms with Crippen LogP contribution in [0.15, 0.2) is 52.9 Å². The lowest BCUT2D eigenvalue weighted by atomic mass is 10.1. The van der Waals surface area contributed by atoms with Crippen LogP contribution in [0.1, 0.15) is 26.5 Å². The first kappa shape index (κ1) is 16.1. The largest absolute Gasteiger partial charge is 0.451 e. The summed E-state index contributed by atoms with van der Waals surface area (Å²) in [6.07, 6.45) is 0. The van der Waals surface area contributed by atoms with Crippen LogP contribution >= 0.6 is 11.6 Å². The number of rotatable bonds is 4. The maximum Gasteiger partial charge on any atom is 0.287 e. The van der Waals surface area contributed by atoms with Gasteiger partial charge in [0.1, 0.15) is 5.58 Å². The molecule has 24 heavy (non-hydrogen) atoms. The lowest BCUT2D eigenvalue weighted by Gasteiger charge is -2.05. The number of nitrogens with one attached hydrogen (secondary N) is 2. The highest BCUT2D eigenvalue weighted by Gasteiger charge is 2.12. The highest BCUT2D eigenvalue weighted by atomic mass is 35.5. The van der Waals surface area contributed by atoms with Crippen LogP contribution < -0.4 is 10.6 Å². The molecule has 3 rings (SSSR count). The molecule has 2 N–H and O–H groups in total. The third-order valence-corrected chi connectivity index (χ3v) is 3.81. The maximum atomic E-state index is 12.2. The molecule has 0 aliphatic carbocycles. The van der Waals surface area contributed by atoms with Gasteiger partial charge in [0.25, 0.3) is 11.8 Å². The Labute approximate surface area is 143 Å². The molecule has 0 atom stereocenters. The predicted molar refractivity (Wildman–Crippen MR) is 92.2 cm³/mol. The number of benzene rings is 2. The van der Waals surface area contributed by atoms with Crippen molar-refractivity contribution < 1.29 is 14.0 Å². The quantitative estimate of drug-likeness (QED) is 0.763. The molecule has 0 unspecified atom stereocenters. The Balaban J connectivity index is 1.71. The van der Waals surface area contributed by atoms with E-state index in [4.69, 9.17) is 16.0 Å². The van der Waals surface area contributed by atoms with Crippen LogP contribution in [-0.2, 0) is 6.54 Å². The predicted octanol–water partition coefficient (Wildman–Crippen LogP) is 3.38. The average Bonchev–Trinajstić information content (AvgIpc) is 3.02. The Kier molecular flexibility index (Phi) is 4.53. The fourth-order valence-electron chi connectivity index (χ4n) is 2.36. The summed E-state index contributed by atoms with van der Waals surface area (Å²) in [5.74, 6) is -0.278. The summed E-state index contributed by atoms with van der Waals surface area (Å²) in [5, 5.41) is 6.70. The first-order valence-electron chi connectivity index (χ1n) is 7.35. The molecule has 3 aromatic rings. The standard InChI is InChI=1S/C18H15ClN2O3/c1-20-17(22)12-4-2-3-11(7-12)10-21-18(23)16-9-13-8-14(19)5-6-15(13)24-16/h2-9H,10H2,1H3,(H,20,22)(H,21,23). The zero-order valence-corrected chi connectivity index (χ0v) is 13.7. The smallest absolute Gasteiger partial charge is 0.287 e. The van der Waals surface area contributed by atoms with Gasteiger partial charge in [-0.2, -0.15) is 0 Å². The van der Waals surface area contributed by atoms with Crippen LogP contribution in [0.2, 0.25) is 5.02 Å². The number of fused-ring (bicyclic) bond motifs is 1. The number of hydrogen-bond donors (Lipinski definition) is 2. The molecule has 0 saturated carbocycles. The van der Waals surface area contributed by atoms with Crippen molar-refractivity contribution in [3.05, 3.63) is 70.4 Å². The normalized spacial score (nSPS) is 10.6. The van der Waals surface area contributed by atoms with Gasteiger partial charge >= 0.3 is 0 Å². The van der Waals surface area contributed by atoms with Gasteiger partial charge in [-0.1, -0.05) is 23.7 Å². The van der Waals surface area contributed by atoms with E-state index >= 15 is 0 Å². The third-order valence-electron chi connectivity index (χ3n) is 3.57. The summed E-state index contributed by atoms with van der Waals surface area (Å²) in [4.78, 5) is 23.9. The van der Waals surface area contributed by atoms with E-state index < -0.39 is 0 Å². The Bertz CT molecular complexity index is 918. The molecular formula is C18H15ClN2O3. The van der Waals surface area contributed by atoms with E-state index in [9.17, 15) is 9.59 Å². The molecule has 0 saturated heterocycles. The van der Waals surface area contributed by atoms with Crippen LogP contribution in [0.3, 0.4) is 0 Å². The zero-order valence-electron chi connectivity index (χ0n) is 12.9. The van der Waals surface area contributed by atoms with Gasteiger partial charge in [0, 0.05) is 29.6 Å². The average molecular weight is 343 g/mol. The minimum absolute atomic E-state index is 0.169. The zero-order chi connectivity index (χ0) is 17.1. The lowest BCUT2D eigenvalue weighted by Crippen LogP contribution is -2.23. The van der Waals surface area contributed by atoms with Gasteiger partial charge in [0.15, 0.2) is 5.76 Å². The molecule has 6 heteroatoms. The number of amides is 2. The fourth-order valence-corrected chi connectivity index (χ4v) is 2.54. The minimum atomic E-state index is -0.326. The van der Waals surface area contributed by atoms with Crippen molar-refractivity contribution in [3.8, 4) is 0 Å². The van der Waals surface area contributed by atoms with Crippen LogP contribution in [-0.4, -0.2) is 18.9 Å². The van der Waals surface area contributed by atoms with Crippen molar-refractivity contribution in [2.75, 3.05) is 7.05 Å². The third kappa shape index (κ3) is 3.41. The van der Waals surface area contributed by atoms with Crippen molar-refractivity contribution in [2.24, 2.45) is 0 Å². The van der Waals surface area contributed by atoms with Gasteiger partial charge in [-0.05, 0) is 42.0 Å². The number of halogens is 1. The van der Waals surface area contributed by atoms with Crippen LogP contribution in [0.5, 0.6) is 0 Å². The fraction of sp³-hybridized carbons (Fsp3) is 0.111. The molecule has 0 bridgehead atoms. The second kappa shape index (κ2) is 6.76. The number of furan rings is 1. The van der Waals surface area contributed by atoms with Crippen molar-refractivity contribution in [1.82, 2.24) is 10.6 Å². The summed E-state index contributed by atoms with van der Waals surface area (Å²) in [6, 6.07) is 13.9. The summed E-state index contributed by atoms with van der Waals surface area (Å²) in [7, 11) is 1.57. The maximum absolute atomic E-state index is 12.2. The van der Waals surface area contributed by atoms with Crippen LogP contribution in [0.4, 0.5) is 0 Å². The summed E-state index contributed by atoms with van der Waals surface area (Å²) in [5.41, 5.74) is 1.97. The summed E-state index contributed by atoms with van der Waals surface area (Å²) in [6.45, 7) is 0.293. The molecule has 1 heterocycles. The molecule has 0 fully saturated rings. The van der Waals surface area contributed by atoms with E-state index in [-0.39, 0.29) is 17.6 Å². The van der Waals surface area contributed by atoms with E-state index in [1.165, 1.54) is 0 Å². The van der Waals surface area contributed by atoms with Crippen molar-refractivity contribution in [1.29, 1.82) is 0 Å². The Morgan fingerprint density at radius 2 is 1.92 bits per heavy atom. The van der Waals surface area contributed by atoms with E-state index in [2.05, 4.69) is 10.6 Å². The highest BCUT2D eigenvalue weighted by molar-refractivity contribution is 6.31. The second-order valence-corrected chi connectivity index (χ2v) is 5.69. The first-order chi connectivity index (χ1) is 11.6. The minimum Gasteiger partial charge on any atom is -0.451 e. The van der Waals surface area contributed by atoms with Gasteiger partial charge in [0.05, 0.1) is 0 Å². The first-order valence-corrected chi connectivity index (χ1v) is 7.73. The molecule has 5 nitrogen and oxygen atoms in total. The molecule has 2 amide bonds. The molecule has 0 aliphatic heterocycles. The van der Waals surface area contributed by atoms with E-state index in [0.29, 0.717) is 22.7 Å². The van der Waals surface area contributed by atoms with E-state index in [1.54, 1.807) is 49.5 Å². The Morgan fingerprint density at radius 3 is 2.71 bits per heavy atom. The number of hydrogen-bond acceptors (Lipinski definition) is 3. The Morgan fingerprint density at radius 1 is 1.08 bits per heavy atom. The van der Waals surface area contributed by atoms with Gasteiger partial charge < -0.3 is 15.1 Å². The molecule has 1 aromatic heterocycles. The molecule has 0 radical (unpaired) electrons. The van der Waals surface area contributed by atoms with Crippen molar-refractivity contribution >= 4 is 34.4 Å². The second-order valence-electron chi connectivity index (χ2n) is 5.25. The van der Waals surface area contributed by atoms with Gasteiger partial charge in [-0.25, -0.2) is 0 Å². The summed E-state index contributed by atoms with van der Waals surface area (Å²) < 4.78 is 5.52. The van der Waals surface area contributed by atoms with Gasteiger partial charge in [0.2, 0.25) is 0 Å². The topological polar surface area (TPSA) is 71.3 Å². The molecule has 0 aliphatic rings. The number of carbonyl (C=O) groups is 2.